The quantitative estimate of drug-likeness (QED) is 0.886. The van der Waals surface area contributed by atoms with Gasteiger partial charge in [0.1, 0.15) is 17.3 Å². The molecule has 100 valence electrons. The Kier molecular flexibility index (Phi) is 4.40. The van der Waals surface area contributed by atoms with Crippen molar-refractivity contribution in [1.82, 2.24) is 5.32 Å². The third kappa shape index (κ3) is 3.25. The van der Waals surface area contributed by atoms with E-state index in [0.717, 1.165) is 0 Å². The Morgan fingerprint density at radius 1 is 1.16 bits per heavy atom. The molecule has 0 aromatic heterocycles. The van der Waals surface area contributed by atoms with Gasteiger partial charge in [-0.2, -0.15) is 0 Å². The zero-order valence-electron chi connectivity index (χ0n) is 10.8. The lowest BCUT2D eigenvalue weighted by Gasteiger charge is -2.17. The summed E-state index contributed by atoms with van der Waals surface area (Å²) >= 11 is 5.82. The first-order valence-electron chi connectivity index (χ1n) is 6.01. The molecule has 2 aromatic carbocycles. The van der Waals surface area contributed by atoms with E-state index in [2.05, 4.69) is 5.32 Å². The number of halogens is 2. The fourth-order valence-corrected chi connectivity index (χ4v) is 1.93. The molecule has 1 unspecified atom stereocenters. The van der Waals surface area contributed by atoms with Gasteiger partial charge in [-0.15, -0.1) is 0 Å². The molecule has 0 heterocycles. The highest BCUT2D eigenvalue weighted by atomic mass is 35.5. The SMILES string of the molecule is CNC(C)c1c(F)cccc1Oc1ccc(Cl)cc1. The second kappa shape index (κ2) is 6.04. The zero-order chi connectivity index (χ0) is 13.8. The van der Waals surface area contributed by atoms with Gasteiger partial charge in [0, 0.05) is 16.6 Å². The van der Waals surface area contributed by atoms with Crippen LogP contribution in [0.2, 0.25) is 5.02 Å². The number of hydrogen-bond donors (Lipinski definition) is 1. The molecule has 1 N–H and O–H groups in total. The minimum atomic E-state index is -0.284. The van der Waals surface area contributed by atoms with Crippen molar-refractivity contribution in [2.75, 3.05) is 7.05 Å². The summed E-state index contributed by atoms with van der Waals surface area (Å²) in [5.74, 6) is 0.844. The summed E-state index contributed by atoms with van der Waals surface area (Å²) in [6.45, 7) is 1.88. The Morgan fingerprint density at radius 3 is 2.47 bits per heavy atom. The molecule has 19 heavy (non-hydrogen) atoms. The first kappa shape index (κ1) is 13.8. The fraction of sp³-hybridized carbons (Fsp3) is 0.200. The molecule has 0 aliphatic heterocycles. The van der Waals surface area contributed by atoms with Crippen LogP contribution in [0.5, 0.6) is 11.5 Å². The van der Waals surface area contributed by atoms with Crippen LogP contribution >= 0.6 is 11.6 Å². The number of benzene rings is 2. The van der Waals surface area contributed by atoms with Crippen LogP contribution in [0.3, 0.4) is 0 Å². The van der Waals surface area contributed by atoms with Gasteiger partial charge in [-0.3, -0.25) is 0 Å². The largest absolute Gasteiger partial charge is 0.457 e. The first-order chi connectivity index (χ1) is 9.11. The molecule has 0 spiro atoms. The maximum atomic E-state index is 13.9. The summed E-state index contributed by atoms with van der Waals surface area (Å²) in [5, 5.41) is 3.65. The smallest absolute Gasteiger partial charge is 0.135 e. The molecule has 0 amide bonds. The van der Waals surface area contributed by atoms with E-state index in [0.29, 0.717) is 22.1 Å². The van der Waals surface area contributed by atoms with E-state index in [9.17, 15) is 4.39 Å². The maximum absolute atomic E-state index is 13.9. The molecule has 4 heteroatoms. The molecule has 0 saturated heterocycles. The normalized spacial score (nSPS) is 12.2. The fourth-order valence-electron chi connectivity index (χ4n) is 1.80. The molecule has 1 atom stereocenters. The molecule has 0 aliphatic carbocycles. The Balaban J connectivity index is 2.34. The van der Waals surface area contributed by atoms with Crippen LogP contribution in [0, 0.1) is 5.82 Å². The highest BCUT2D eigenvalue weighted by Gasteiger charge is 2.15. The standard InChI is InChI=1S/C15H15ClFNO/c1-10(18-2)15-13(17)4-3-5-14(15)19-12-8-6-11(16)7-9-12/h3-10,18H,1-2H3. The lowest BCUT2D eigenvalue weighted by molar-refractivity contribution is 0.452. The molecule has 0 fully saturated rings. The molecule has 2 rings (SSSR count). The van der Waals surface area contributed by atoms with E-state index >= 15 is 0 Å². The topological polar surface area (TPSA) is 21.3 Å². The third-order valence-electron chi connectivity index (χ3n) is 2.92. The van der Waals surface area contributed by atoms with Crippen molar-refractivity contribution in [2.45, 2.75) is 13.0 Å². The van der Waals surface area contributed by atoms with Gasteiger partial charge in [0.25, 0.3) is 0 Å². The molecular formula is C15H15ClFNO. The van der Waals surface area contributed by atoms with E-state index in [1.54, 1.807) is 43.4 Å². The minimum absolute atomic E-state index is 0.136. The van der Waals surface area contributed by atoms with E-state index in [1.165, 1.54) is 6.07 Å². The van der Waals surface area contributed by atoms with Crippen molar-refractivity contribution in [1.29, 1.82) is 0 Å². The highest BCUT2D eigenvalue weighted by molar-refractivity contribution is 6.30. The molecule has 2 aromatic rings. The van der Waals surface area contributed by atoms with E-state index in [-0.39, 0.29) is 11.9 Å². The Labute approximate surface area is 117 Å². The van der Waals surface area contributed by atoms with Crippen LogP contribution in [-0.2, 0) is 0 Å². The number of ether oxygens (including phenoxy) is 1. The molecular weight excluding hydrogens is 265 g/mol. The first-order valence-corrected chi connectivity index (χ1v) is 6.38. The van der Waals surface area contributed by atoms with Crippen molar-refractivity contribution in [3.63, 3.8) is 0 Å². The maximum Gasteiger partial charge on any atom is 0.135 e. The summed E-state index contributed by atoms with van der Waals surface area (Å²) in [7, 11) is 1.78. The van der Waals surface area contributed by atoms with Crippen LogP contribution in [0.4, 0.5) is 4.39 Å². The van der Waals surface area contributed by atoms with E-state index in [1.807, 2.05) is 6.92 Å². The van der Waals surface area contributed by atoms with Crippen molar-refractivity contribution in [3.05, 3.63) is 58.9 Å². The van der Waals surface area contributed by atoms with Gasteiger partial charge >= 0.3 is 0 Å². The summed E-state index contributed by atoms with van der Waals surface area (Å²) in [6, 6.07) is 11.6. The molecule has 0 radical (unpaired) electrons. The van der Waals surface area contributed by atoms with Crippen molar-refractivity contribution >= 4 is 11.6 Å². The predicted molar refractivity (Wildman–Crippen MR) is 75.4 cm³/mol. The molecule has 2 nitrogen and oxygen atoms in total. The van der Waals surface area contributed by atoms with Gasteiger partial charge in [0.2, 0.25) is 0 Å². The second-order valence-electron chi connectivity index (χ2n) is 4.22. The van der Waals surface area contributed by atoms with Crippen LogP contribution in [0.25, 0.3) is 0 Å². The second-order valence-corrected chi connectivity index (χ2v) is 4.65. The van der Waals surface area contributed by atoms with Gasteiger partial charge in [-0.05, 0) is 50.4 Å². The molecule has 0 aliphatic rings. The Hall–Kier alpha value is -1.58. The van der Waals surface area contributed by atoms with Crippen LogP contribution < -0.4 is 10.1 Å². The van der Waals surface area contributed by atoms with Gasteiger partial charge in [-0.25, -0.2) is 4.39 Å². The molecule has 0 saturated carbocycles. The van der Waals surface area contributed by atoms with Gasteiger partial charge in [0.05, 0.1) is 0 Å². The van der Waals surface area contributed by atoms with Crippen molar-refractivity contribution < 1.29 is 9.13 Å². The lowest BCUT2D eigenvalue weighted by Crippen LogP contribution is -2.14. The summed E-state index contributed by atoms with van der Waals surface area (Å²) in [5.41, 5.74) is 0.514. The summed E-state index contributed by atoms with van der Waals surface area (Å²) < 4.78 is 19.6. The Morgan fingerprint density at radius 2 is 1.84 bits per heavy atom. The lowest BCUT2D eigenvalue weighted by atomic mass is 10.1. The van der Waals surface area contributed by atoms with Crippen molar-refractivity contribution in [3.8, 4) is 11.5 Å². The van der Waals surface area contributed by atoms with Crippen LogP contribution in [0.15, 0.2) is 42.5 Å². The van der Waals surface area contributed by atoms with Gasteiger partial charge < -0.3 is 10.1 Å². The van der Waals surface area contributed by atoms with Crippen molar-refractivity contribution in [2.24, 2.45) is 0 Å². The highest BCUT2D eigenvalue weighted by Crippen LogP contribution is 2.31. The number of hydrogen-bond acceptors (Lipinski definition) is 2. The monoisotopic (exact) mass is 279 g/mol. The number of nitrogens with one attached hydrogen (secondary N) is 1. The van der Waals surface area contributed by atoms with E-state index < -0.39 is 0 Å². The third-order valence-corrected chi connectivity index (χ3v) is 3.17. The zero-order valence-corrected chi connectivity index (χ0v) is 11.5. The van der Waals surface area contributed by atoms with Crippen LogP contribution in [0.1, 0.15) is 18.5 Å². The predicted octanol–water partition coefficient (Wildman–Crippen LogP) is 4.55. The average Bonchev–Trinajstić information content (AvgIpc) is 2.41. The Bertz CT molecular complexity index is 557. The van der Waals surface area contributed by atoms with Gasteiger partial charge in [0.15, 0.2) is 0 Å². The van der Waals surface area contributed by atoms with Gasteiger partial charge in [-0.1, -0.05) is 17.7 Å². The summed E-state index contributed by atoms with van der Waals surface area (Å²) in [6.07, 6.45) is 0. The van der Waals surface area contributed by atoms with E-state index in [4.69, 9.17) is 16.3 Å². The average molecular weight is 280 g/mol. The minimum Gasteiger partial charge on any atom is -0.457 e. The number of rotatable bonds is 4. The summed E-state index contributed by atoms with van der Waals surface area (Å²) in [4.78, 5) is 0. The molecule has 0 bridgehead atoms. The van der Waals surface area contributed by atoms with Crippen LogP contribution in [-0.4, -0.2) is 7.05 Å².